The smallest absolute Gasteiger partial charge is 0.416 e. The van der Waals surface area contributed by atoms with Crippen LogP contribution in [-0.2, 0) is 0 Å². The number of hydrogen-bond donors (Lipinski definition) is 1. The van der Waals surface area contributed by atoms with E-state index in [0.29, 0.717) is 27.9 Å². The van der Waals surface area contributed by atoms with Gasteiger partial charge in [0.05, 0.1) is 18.4 Å². The number of fused-ring (bicyclic) bond motifs is 1. The zero-order chi connectivity index (χ0) is 16.6. The summed E-state index contributed by atoms with van der Waals surface area (Å²) in [6.07, 6.45) is -4.49. The molecule has 1 aromatic heterocycles. The highest BCUT2D eigenvalue weighted by molar-refractivity contribution is 6.00. The number of hydrogen-bond acceptors (Lipinski definition) is 1. The van der Waals surface area contributed by atoms with E-state index in [4.69, 9.17) is 4.74 Å². The van der Waals surface area contributed by atoms with E-state index in [9.17, 15) is 13.2 Å². The second-order valence-corrected chi connectivity index (χ2v) is 5.13. The highest BCUT2D eigenvalue weighted by Gasteiger charge is 2.36. The molecule has 1 N–H and O–H groups in total. The van der Waals surface area contributed by atoms with E-state index in [0.717, 1.165) is 0 Å². The average Bonchev–Trinajstić information content (AvgIpc) is 2.92. The lowest BCUT2D eigenvalue weighted by molar-refractivity contribution is -0.0685. The molecule has 3 aromatic rings. The summed E-state index contributed by atoms with van der Waals surface area (Å²) >= 11 is 0. The molecular weight excluding hydrogens is 303 g/mol. The number of ether oxygens (including phenoxy) is 1. The zero-order valence-electron chi connectivity index (χ0n) is 12.4. The SMILES string of the molecule is C=C(c1c(-c2ccc(OC)cc2)[nH]c2ccccc12)C(F)(F)F. The van der Waals surface area contributed by atoms with Crippen molar-refractivity contribution in [3.63, 3.8) is 0 Å². The molecule has 1 heterocycles. The van der Waals surface area contributed by atoms with E-state index in [2.05, 4.69) is 11.6 Å². The molecule has 0 unspecified atom stereocenters. The summed E-state index contributed by atoms with van der Waals surface area (Å²) in [5.41, 5.74) is 0.899. The fourth-order valence-electron chi connectivity index (χ4n) is 2.57. The average molecular weight is 317 g/mol. The number of alkyl halides is 3. The summed E-state index contributed by atoms with van der Waals surface area (Å²) in [7, 11) is 1.54. The molecule has 3 rings (SSSR count). The van der Waals surface area contributed by atoms with Gasteiger partial charge in [0.1, 0.15) is 5.75 Å². The third-order valence-corrected chi connectivity index (χ3v) is 3.73. The highest BCUT2D eigenvalue weighted by Crippen LogP contribution is 2.41. The Hall–Kier alpha value is -2.69. The molecule has 0 aliphatic rings. The molecule has 23 heavy (non-hydrogen) atoms. The molecule has 0 radical (unpaired) electrons. The number of allylic oxidation sites excluding steroid dienone is 1. The van der Waals surface area contributed by atoms with Gasteiger partial charge in [-0.2, -0.15) is 13.2 Å². The van der Waals surface area contributed by atoms with E-state index < -0.39 is 11.7 Å². The van der Waals surface area contributed by atoms with E-state index in [1.807, 2.05) is 0 Å². The minimum Gasteiger partial charge on any atom is -0.497 e. The molecule has 0 spiro atoms. The van der Waals surface area contributed by atoms with Gasteiger partial charge in [-0.05, 0) is 35.9 Å². The highest BCUT2D eigenvalue weighted by atomic mass is 19.4. The third-order valence-electron chi connectivity index (χ3n) is 3.73. The van der Waals surface area contributed by atoms with Crippen LogP contribution in [0.15, 0.2) is 55.1 Å². The summed E-state index contributed by atoms with van der Waals surface area (Å²) in [6, 6.07) is 13.7. The predicted octanol–water partition coefficient (Wildman–Crippen LogP) is 5.42. The summed E-state index contributed by atoms with van der Waals surface area (Å²) in [6.45, 7) is 3.27. The van der Waals surface area contributed by atoms with Gasteiger partial charge in [0.15, 0.2) is 0 Å². The van der Waals surface area contributed by atoms with Crippen molar-refractivity contribution in [2.45, 2.75) is 6.18 Å². The predicted molar refractivity (Wildman–Crippen MR) is 85.4 cm³/mol. The van der Waals surface area contributed by atoms with E-state index in [1.165, 1.54) is 7.11 Å². The van der Waals surface area contributed by atoms with Crippen LogP contribution in [0, 0.1) is 0 Å². The molecule has 0 amide bonds. The minimum absolute atomic E-state index is 0.0817. The normalized spacial score (nSPS) is 11.7. The molecule has 5 heteroatoms. The second kappa shape index (κ2) is 5.50. The van der Waals surface area contributed by atoms with Gasteiger partial charge < -0.3 is 9.72 Å². The second-order valence-electron chi connectivity index (χ2n) is 5.13. The Balaban J connectivity index is 2.25. The van der Waals surface area contributed by atoms with Gasteiger partial charge in [-0.1, -0.05) is 24.8 Å². The molecular formula is C18H14F3NO. The van der Waals surface area contributed by atoms with Crippen molar-refractivity contribution in [2.24, 2.45) is 0 Å². The number of halogens is 3. The van der Waals surface area contributed by atoms with Gasteiger partial charge in [0, 0.05) is 16.5 Å². The molecule has 0 aliphatic carbocycles. The number of aromatic nitrogens is 1. The van der Waals surface area contributed by atoms with Gasteiger partial charge in [-0.15, -0.1) is 0 Å². The number of para-hydroxylation sites is 1. The first kappa shape index (κ1) is 15.2. The van der Waals surface area contributed by atoms with Crippen LogP contribution in [0.25, 0.3) is 27.7 Å². The van der Waals surface area contributed by atoms with Crippen LogP contribution in [0.4, 0.5) is 13.2 Å². The number of rotatable bonds is 3. The van der Waals surface area contributed by atoms with Crippen molar-refractivity contribution >= 4 is 16.5 Å². The Morgan fingerprint density at radius 2 is 1.70 bits per heavy atom. The standard InChI is InChI=1S/C18H14F3NO/c1-11(18(19,20)21)16-14-5-3-4-6-15(14)22-17(16)12-7-9-13(23-2)10-8-12/h3-10,22H,1H2,2H3. The molecule has 0 atom stereocenters. The first-order chi connectivity index (χ1) is 10.9. The summed E-state index contributed by atoms with van der Waals surface area (Å²) < 4.78 is 44.8. The van der Waals surface area contributed by atoms with Crippen molar-refractivity contribution in [1.29, 1.82) is 0 Å². The molecule has 2 nitrogen and oxygen atoms in total. The molecule has 0 saturated carbocycles. The molecule has 0 fully saturated rings. The largest absolute Gasteiger partial charge is 0.497 e. The lowest BCUT2D eigenvalue weighted by atomic mass is 9.99. The quantitative estimate of drug-likeness (QED) is 0.685. The number of nitrogens with one attached hydrogen (secondary N) is 1. The van der Waals surface area contributed by atoms with Crippen LogP contribution in [0.3, 0.4) is 0 Å². The number of H-pyrrole nitrogens is 1. The Bertz CT molecular complexity index is 860. The topological polar surface area (TPSA) is 25.0 Å². The molecule has 118 valence electrons. The van der Waals surface area contributed by atoms with Crippen molar-refractivity contribution < 1.29 is 17.9 Å². The maximum Gasteiger partial charge on any atom is 0.416 e. The van der Waals surface area contributed by atoms with Crippen LogP contribution >= 0.6 is 0 Å². The van der Waals surface area contributed by atoms with E-state index in [-0.39, 0.29) is 5.56 Å². The number of benzene rings is 2. The van der Waals surface area contributed by atoms with Gasteiger partial charge in [0.25, 0.3) is 0 Å². The third kappa shape index (κ3) is 2.70. The fourth-order valence-corrected chi connectivity index (χ4v) is 2.57. The first-order valence-corrected chi connectivity index (χ1v) is 6.93. The van der Waals surface area contributed by atoms with Crippen molar-refractivity contribution in [2.75, 3.05) is 7.11 Å². The summed E-state index contributed by atoms with van der Waals surface area (Å²) in [4.78, 5) is 3.07. The maximum absolute atomic E-state index is 13.2. The van der Waals surface area contributed by atoms with Crippen molar-refractivity contribution in [3.05, 3.63) is 60.7 Å². The van der Waals surface area contributed by atoms with Crippen LogP contribution < -0.4 is 4.74 Å². The lowest BCUT2D eigenvalue weighted by Gasteiger charge is -2.12. The zero-order valence-corrected chi connectivity index (χ0v) is 12.4. The van der Waals surface area contributed by atoms with Gasteiger partial charge >= 0.3 is 6.18 Å². The van der Waals surface area contributed by atoms with Gasteiger partial charge in [-0.3, -0.25) is 0 Å². The molecule has 2 aromatic carbocycles. The Labute approximate surface area is 131 Å². The Morgan fingerprint density at radius 1 is 1.04 bits per heavy atom. The van der Waals surface area contributed by atoms with E-state index >= 15 is 0 Å². The number of methoxy groups -OCH3 is 1. The maximum atomic E-state index is 13.2. The minimum atomic E-state index is -4.49. The van der Waals surface area contributed by atoms with Crippen LogP contribution in [0.5, 0.6) is 5.75 Å². The fraction of sp³-hybridized carbons (Fsp3) is 0.111. The monoisotopic (exact) mass is 317 g/mol. The molecule has 0 aliphatic heterocycles. The van der Waals surface area contributed by atoms with Crippen LogP contribution in [-0.4, -0.2) is 18.3 Å². The first-order valence-electron chi connectivity index (χ1n) is 6.93. The van der Waals surface area contributed by atoms with E-state index in [1.54, 1.807) is 48.5 Å². The Kier molecular flexibility index (Phi) is 3.64. The number of aromatic amines is 1. The van der Waals surface area contributed by atoms with Crippen molar-refractivity contribution in [3.8, 4) is 17.0 Å². The summed E-state index contributed by atoms with van der Waals surface area (Å²) in [5, 5.41) is 0.501. The Morgan fingerprint density at radius 3 is 2.30 bits per heavy atom. The van der Waals surface area contributed by atoms with Crippen LogP contribution in [0.2, 0.25) is 0 Å². The molecule has 0 bridgehead atoms. The van der Waals surface area contributed by atoms with Gasteiger partial charge in [-0.25, -0.2) is 0 Å². The van der Waals surface area contributed by atoms with Crippen LogP contribution in [0.1, 0.15) is 5.56 Å². The lowest BCUT2D eigenvalue weighted by Crippen LogP contribution is -2.10. The van der Waals surface area contributed by atoms with Gasteiger partial charge in [0.2, 0.25) is 0 Å². The molecule has 0 saturated heterocycles. The van der Waals surface area contributed by atoms with Crippen molar-refractivity contribution in [1.82, 2.24) is 4.98 Å². The summed E-state index contributed by atoms with van der Waals surface area (Å²) in [5.74, 6) is 0.640.